The van der Waals surface area contributed by atoms with Crippen molar-refractivity contribution in [3.05, 3.63) is 47.0 Å². The molecule has 4 heteroatoms. The van der Waals surface area contributed by atoms with E-state index in [4.69, 9.17) is 16.0 Å². The maximum atomic E-state index is 5.83. The molecule has 3 nitrogen and oxygen atoms in total. The molecule has 0 spiro atoms. The van der Waals surface area contributed by atoms with E-state index in [-0.39, 0.29) is 0 Å². The van der Waals surface area contributed by atoms with E-state index in [9.17, 15) is 0 Å². The van der Waals surface area contributed by atoms with Gasteiger partial charge in [-0.2, -0.15) is 0 Å². The average molecular weight is 265 g/mol. The zero-order valence-electron chi connectivity index (χ0n) is 10.9. The topological polar surface area (TPSA) is 29.3 Å². The summed E-state index contributed by atoms with van der Waals surface area (Å²) in [6.07, 6.45) is 1.72. The van der Waals surface area contributed by atoms with Crippen LogP contribution in [0.15, 0.2) is 28.9 Å². The normalized spacial score (nSPS) is 10.7. The van der Waals surface area contributed by atoms with Gasteiger partial charge in [0.25, 0.3) is 0 Å². The Morgan fingerprint density at radius 1 is 1.22 bits per heavy atom. The third kappa shape index (κ3) is 2.67. The van der Waals surface area contributed by atoms with Crippen LogP contribution >= 0.6 is 11.6 Å². The van der Waals surface area contributed by atoms with Crippen molar-refractivity contribution in [3.8, 4) is 0 Å². The smallest absolute Gasteiger partial charge is 0.128 e. The minimum Gasteiger partial charge on any atom is -0.469 e. The number of hydrogen-bond acceptors (Lipinski definition) is 3. The van der Waals surface area contributed by atoms with Crippen LogP contribution in [0.2, 0.25) is 0 Å². The number of alkyl halides is 1. The van der Waals surface area contributed by atoms with E-state index in [0.717, 1.165) is 29.4 Å². The third-order valence-corrected chi connectivity index (χ3v) is 3.38. The molecule has 2 heterocycles. The summed E-state index contributed by atoms with van der Waals surface area (Å²) < 4.78 is 5.30. The van der Waals surface area contributed by atoms with Gasteiger partial charge in [-0.05, 0) is 31.5 Å². The fraction of sp³-hybridized carbons (Fsp3) is 0.357. The summed E-state index contributed by atoms with van der Waals surface area (Å²) >= 11 is 5.83. The van der Waals surface area contributed by atoms with E-state index in [1.165, 1.54) is 5.56 Å². The van der Waals surface area contributed by atoms with E-state index in [0.29, 0.717) is 5.88 Å². The van der Waals surface area contributed by atoms with Crippen LogP contribution in [-0.4, -0.2) is 12.0 Å². The van der Waals surface area contributed by atoms with Crippen LogP contribution in [0.1, 0.15) is 22.6 Å². The van der Waals surface area contributed by atoms with Crippen molar-refractivity contribution in [2.45, 2.75) is 26.3 Å². The van der Waals surface area contributed by atoms with Gasteiger partial charge in [-0.1, -0.05) is 6.07 Å². The molecule has 0 bridgehead atoms. The van der Waals surface area contributed by atoms with Gasteiger partial charge in [0, 0.05) is 30.7 Å². The second kappa shape index (κ2) is 5.44. The molecule has 0 amide bonds. The predicted octanol–water partition coefficient (Wildman–Crippen LogP) is 3.67. The first-order valence-corrected chi connectivity index (χ1v) is 6.42. The van der Waals surface area contributed by atoms with E-state index in [1.807, 2.05) is 39.1 Å². The van der Waals surface area contributed by atoms with Crippen molar-refractivity contribution in [2.24, 2.45) is 0 Å². The Hall–Kier alpha value is -1.48. The van der Waals surface area contributed by atoms with Crippen molar-refractivity contribution >= 4 is 17.4 Å². The van der Waals surface area contributed by atoms with Gasteiger partial charge in [-0.15, -0.1) is 11.6 Å². The number of pyridine rings is 1. The molecule has 0 atom stereocenters. The number of anilines is 1. The molecular formula is C14H17ClN2O. The molecule has 0 aliphatic carbocycles. The second-order valence-electron chi connectivity index (χ2n) is 4.41. The van der Waals surface area contributed by atoms with Gasteiger partial charge in [0.15, 0.2) is 0 Å². The number of aromatic nitrogens is 1. The lowest BCUT2D eigenvalue weighted by molar-refractivity contribution is 0.529. The number of furan rings is 1. The van der Waals surface area contributed by atoms with Crippen LogP contribution in [-0.2, 0) is 12.4 Å². The highest BCUT2D eigenvalue weighted by Gasteiger charge is 2.08. The number of rotatable bonds is 4. The van der Waals surface area contributed by atoms with Crippen molar-refractivity contribution in [2.75, 3.05) is 11.9 Å². The van der Waals surface area contributed by atoms with Crippen molar-refractivity contribution in [3.63, 3.8) is 0 Å². The minimum absolute atomic E-state index is 0.504. The lowest BCUT2D eigenvalue weighted by atomic mass is 10.2. The van der Waals surface area contributed by atoms with Crippen LogP contribution in [0.4, 0.5) is 5.82 Å². The molecule has 0 aromatic carbocycles. The quantitative estimate of drug-likeness (QED) is 0.789. The highest BCUT2D eigenvalue weighted by Crippen LogP contribution is 2.18. The van der Waals surface area contributed by atoms with Crippen LogP contribution in [0, 0.1) is 13.8 Å². The Kier molecular flexibility index (Phi) is 3.92. The van der Waals surface area contributed by atoms with Crippen LogP contribution in [0.25, 0.3) is 0 Å². The standard InChI is InChI=1S/C14H17ClN2O/c1-10-12(8-15)4-5-14(16-10)17(3)9-13-6-7-18-11(13)2/h4-7H,8-9H2,1-3H3. The first-order chi connectivity index (χ1) is 8.61. The molecule has 0 unspecified atom stereocenters. The van der Waals surface area contributed by atoms with Gasteiger partial charge in [-0.25, -0.2) is 4.98 Å². The van der Waals surface area contributed by atoms with E-state index in [2.05, 4.69) is 9.88 Å². The molecule has 0 saturated carbocycles. The highest BCUT2D eigenvalue weighted by atomic mass is 35.5. The molecule has 96 valence electrons. The Labute approximate surface area is 112 Å². The van der Waals surface area contributed by atoms with Crippen molar-refractivity contribution in [1.82, 2.24) is 4.98 Å². The van der Waals surface area contributed by atoms with Gasteiger partial charge in [0.2, 0.25) is 0 Å². The molecule has 0 aliphatic rings. The predicted molar refractivity (Wildman–Crippen MR) is 74.1 cm³/mol. The summed E-state index contributed by atoms with van der Waals surface area (Å²) in [5, 5.41) is 0. The number of aryl methyl sites for hydroxylation is 2. The Bertz CT molecular complexity index is 536. The molecule has 2 aromatic heterocycles. The van der Waals surface area contributed by atoms with Gasteiger partial charge >= 0.3 is 0 Å². The molecule has 0 radical (unpaired) electrons. The molecular weight excluding hydrogens is 248 g/mol. The molecule has 0 N–H and O–H groups in total. The van der Waals surface area contributed by atoms with Crippen molar-refractivity contribution < 1.29 is 4.42 Å². The monoisotopic (exact) mass is 264 g/mol. The van der Waals surface area contributed by atoms with Gasteiger partial charge in [0.05, 0.1) is 6.26 Å². The second-order valence-corrected chi connectivity index (χ2v) is 4.67. The first-order valence-electron chi connectivity index (χ1n) is 5.88. The number of hydrogen-bond donors (Lipinski definition) is 0. The summed E-state index contributed by atoms with van der Waals surface area (Å²) in [6, 6.07) is 6.02. The van der Waals surface area contributed by atoms with Crippen molar-refractivity contribution in [1.29, 1.82) is 0 Å². The first kappa shape index (κ1) is 13.0. The average Bonchev–Trinajstić information content (AvgIpc) is 2.75. The number of halogens is 1. The molecule has 2 rings (SSSR count). The summed E-state index contributed by atoms with van der Waals surface area (Å²) in [6.45, 7) is 4.74. The molecule has 2 aromatic rings. The maximum absolute atomic E-state index is 5.83. The Morgan fingerprint density at radius 3 is 2.56 bits per heavy atom. The zero-order chi connectivity index (χ0) is 13.1. The van der Waals surface area contributed by atoms with E-state index < -0.39 is 0 Å². The van der Waals surface area contributed by atoms with Gasteiger partial charge in [-0.3, -0.25) is 0 Å². The Balaban J connectivity index is 2.16. The fourth-order valence-corrected chi connectivity index (χ4v) is 2.12. The van der Waals surface area contributed by atoms with Crippen LogP contribution < -0.4 is 4.90 Å². The Morgan fingerprint density at radius 2 is 2.00 bits per heavy atom. The maximum Gasteiger partial charge on any atom is 0.128 e. The van der Waals surface area contributed by atoms with E-state index in [1.54, 1.807) is 6.26 Å². The molecule has 0 aliphatic heterocycles. The largest absolute Gasteiger partial charge is 0.469 e. The zero-order valence-corrected chi connectivity index (χ0v) is 11.7. The van der Waals surface area contributed by atoms with Gasteiger partial charge in [0.1, 0.15) is 11.6 Å². The number of nitrogens with zero attached hydrogens (tertiary/aromatic N) is 2. The lowest BCUT2D eigenvalue weighted by Crippen LogP contribution is -2.18. The van der Waals surface area contributed by atoms with E-state index >= 15 is 0 Å². The summed E-state index contributed by atoms with van der Waals surface area (Å²) in [5.74, 6) is 2.40. The molecule has 0 saturated heterocycles. The third-order valence-electron chi connectivity index (χ3n) is 3.09. The minimum atomic E-state index is 0.504. The molecule has 18 heavy (non-hydrogen) atoms. The summed E-state index contributed by atoms with van der Waals surface area (Å²) in [5.41, 5.74) is 3.24. The fourth-order valence-electron chi connectivity index (χ4n) is 1.84. The van der Waals surface area contributed by atoms with Crippen LogP contribution in [0.3, 0.4) is 0 Å². The van der Waals surface area contributed by atoms with Crippen LogP contribution in [0.5, 0.6) is 0 Å². The highest BCUT2D eigenvalue weighted by molar-refractivity contribution is 6.17. The summed E-state index contributed by atoms with van der Waals surface area (Å²) in [4.78, 5) is 6.67. The summed E-state index contributed by atoms with van der Waals surface area (Å²) in [7, 11) is 2.02. The SMILES string of the molecule is Cc1nc(N(C)Cc2ccoc2C)ccc1CCl. The molecule has 0 fully saturated rings. The lowest BCUT2D eigenvalue weighted by Gasteiger charge is -2.18. The van der Waals surface area contributed by atoms with Gasteiger partial charge < -0.3 is 9.32 Å².